The third-order valence-corrected chi connectivity index (χ3v) is 2.54. The van der Waals surface area contributed by atoms with Gasteiger partial charge in [-0.3, -0.25) is 4.68 Å². The second-order valence-electron chi connectivity index (χ2n) is 3.81. The van der Waals surface area contributed by atoms with Gasteiger partial charge in [0.2, 0.25) is 0 Å². The van der Waals surface area contributed by atoms with Crippen LogP contribution in [0.2, 0.25) is 0 Å². The number of nitrogens with zero attached hydrogens (tertiary/aromatic N) is 4. The van der Waals surface area contributed by atoms with E-state index in [-0.39, 0.29) is 20.1 Å². The number of rotatable bonds is 2. The fraction of sp³-hybridized carbons (Fsp3) is 0.0769. The molecule has 3 rings (SSSR count). The number of aryl methyl sites for hydroxylation is 1. The molecular formula is C13H11IrN4-. The molecule has 0 N–H and O–H groups in total. The molecular weight excluding hydrogens is 404 g/mol. The molecule has 0 atom stereocenters. The first-order chi connectivity index (χ1) is 8.33. The Kier molecular flexibility index (Phi) is 3.74. The molecule has 5 heteroatoms. The van der Waals surface area contributed by atoms with Crippen molar-refractivity contribution in [1.29, 1.82) is 0 Å². The van der Waals surface area contributed by atoms with E-state index in [2.05, 4.69) is 28.4 Å². The van der Waals surface area contributed by atoms with Crippen LogP contribution in [0.25, 0.3) is 16.9 Å². The molecule has 0 aliphatic heterocycles. The van der Waals surface area contributed by atoms with Crippen molar-refractivity contribution in [3.8, 4) is 16.9 Å². The van der Waals surface area contributed by atoms with Gasteiger partial charge in [-0.2, -0.15) is 16.4 Å². The molecule has 1 radical (unpaired) electrons. The van der Waals surface area contributed by atoms with Gasteiger partial charge >= 0.3 is 0 Å². The average Bonchev–Trinajstić information content (AvgIpc) is 2.98. The van der Waals surface area contributed by atoms with Crippen LogP contribution in [0, 0.1) is 6.07 Å². The summed E-state index contributed by atoms with van der Waals surface area (Å²) < 4.78 is 3.43. The quantitative estimate of drug-likeness (QED) is 0.601. The Bertz CT molecular complexity index is 627. The summed E-state index contributed by atoms with van der Waals surface area (Å²) in [7, 11) is 1.86. The minimum absolute atomic E-state index is 0. The van der Waals surface area contributed by atoms with Crippen molar-refractivity contribution >= 4 is 0 Å². The number of hydrogen-bond donors (Lipinski definition) is 0. The Morgan fingerprint density at radius 1 is 1.11 bits per heavy atom. The molecule has 2 heterocycles. The van der Waals surface area contributed by atoms with Crippen LogP contribution in [0.4, 0.5) is 0 Å². The number of hydrogen-bond acceptors (Lipinski definition) is 2. The minimum Gasteiger partial charge on any atom is -0.404 e. The summed E-state index contributed by atoms with van der Waals surface area (Å²) in [4.78, 5) is 0. The molecule has 1 aromatic carbocycles. The van der Waals surface area contributed by atoms with E-state index in [0.717, 1.165) is 11.1 Å². The van der Waals surface area contributed by atoms with E-state index < -0.39 is 0 Å². The monoisotopic (exact) mass is 416 g/mol. The smallest absolute Gasteiger partial charge is 0.0572 e. The Balaban J connectivity index is 0.00000120. The van der Waals surface area contributed by atoms with Crippen molar-refractivity contribution in [2.24, 2.45) is 7.05 Å². The van der Waals surface area contributed by atoms with Crippen LogP contribution in [-0.2, 0) is 27.2 Å². The molecule has 0 spiro atoms. The van der Waals surface area contributed by atoms with Crippen molar-refractivity contribution in [2.75, 3.05) is 0 Å². The Hall–Kier alpha value is -1.71. The summed E-state index contributed by atoms with van der Waals surface area (Å²) >= 11 is 0. The maximum atomic E-state index is 4.29. The summed E-state index contributed by atoms with van der Waals surface area (Å²) in [6, 6.07) is 13.2. The summed E-state index contributed by atoms with van der Waals surface area (Å²) in [6.45, 7) is 0. The van der Waals surface area contributed by atoms with Gasteiger partial charge in [-0.05, 0) is 11.4 Å². The molecule has 18 heavy (non-hydrogen) atoms. The van der Waals surface area contributed by atoms with Crippen molar-refractivity contribution in [3.63, 3.8) is 0 Å². The van der Waals surface area contributed by atoms with E-state index in [0.29, 0.717) is 5.82 Å². The molecule has 0 saturated carbocycles. The standard InChI is InChI=1S/C13H11N4.Ir/c1-16-8-7-13(15-16)17-10-12(9-14-17)11-5-3-2-4-6-11;/h2-6,8-10H,1H3;/q-1;. The number of benzene rings is 1. The van der Waals surface area contributed by atoms with E-state index in [1.54, 1.807) is 15.6 Å². The zero-order valence-electron chi connectivity index (χ0n) is 9.74. The largest absolute Gasteiger partial charge is 0.404 e. The summed E-state index contributed by atoms with van der Waals surface area (Å²) in [5, 5.41) is 8.54. The van der Waals surface area contributed by atoms with Crippen LogP contribution >= 0.6 is 0 Å². The third-order valence-electron chi connectivity index (χ3n) is 2.54. The molecule has 0 amide bonds. The summed E-state index contributed by atoms with van der Waals surface area (Å²) in [6.07, 6.45) is 5.56. The van der Waals surface area contributed by atoms with Gasteiger partial charge in [0, 0.05) is 38.9 Å². The van der Waals surface area contributed by atoms with E-state index in [4.69, 9.17) is 0 Å². The van der Waals surface area contributed by atoms with Crippen molar-refractivity contribution in [2.45, 2.75) is 0 Å². The third kappa shape index (κ3) is 2.42. The molecule has 0 unspecified atom stereocenters. The SMILES string of the molecule is Cn1c[c-]c(-n2cc(-c3ccccc3)cn2)n1.[Ir]. The Labute approximate surface area is 119 Å². The fourth-order valence-corrected chi connectivity index (χ4v) is 1.69. The Morgan fingerprint density at radius 3 is 2.56 bits per heavy atom. The van der Waals surface area contributed by atoms with E-state index in [9.17, 15) is 0 Å². The van der Waals surface area contributed by atoms with E-state index in [1.165, 1.54) is 0 Å². The molecule has 3 aromatic rings. The number of aromatic nitrogens is 4. The van der Waals surface area contributed by atoms with Gasteiger partial charge in [-0.25, -0.2) is 0 Å². The van der Waals surface area contributed by atoms with Crippen LogP contribution in [0.5, 0.6) is 0 Å². The minimum atomic E-state index is 0. The van der Waals surface area contributed by atoms with Crippen molar-refractivity contribution in [1.82, 2.24) is 19.6 Å². The topological polar surface area (TPSA) is 35.6 Å². The second kappa shape index (κ2) is 5.29. The first-order valence-corrected chi connectivity index (χ1v) is 5.35. The van der Waals surface area contributed by atoms with Crippen LogP contribution in [0.3, 0.4) is 0 Å². The zero-order chi connectivity index (χ0) is 11.7. The normalized spacial score (nSPS) is 10.1. The average molecular weight is 415 g/mol. The Morgan fingerprint density at radius 2 is 1.89 bits per heavy atom. The molecule has 0 aliphatic rings. The molecule has 0 bridgehead atoms. The maximum Gasteiger partial charge on any atom is 0.0572 e. The first-order valence-electron chi connectivity index (χ1n) is 5.35. The predicted octanol–water partition coefficient (Wildman–Crippen LogP) is 2.07. The van der Waals surface area contributed by atoms with Crippen LogP contribution in [-0.4, -0.2) is 19.6 Å². The second-order valence-corrected chi connectivity index (χ2v) is 3.81. The first kappa shape index (κ1) is 12.7. The molecule has 2 aromatic heterocycles. The van der Waals surface area contributed by atoms with Gasteiger partial charge < -0.3 is 10.7 Å². The van der Waals surface area contributed by atoms with Gasteiger partial charge in [0.1, 0.15) is 0 Å². The predicted molar refractivity (Wildman–Crippen MR) is 64.6 cm³/mol. The van der Waals surface area contributed by atoms with Gasteiger partial charge in [0.15, 0.2) is 0 Å². The fourth-order valence-electron chi connectivity index (χ4n) is 1.69. The molecule has 0 fully saturated rings. The zero-order valence-corrected chi connectivity index (χ0v) is 12.1. The molecule has 0 aliphatic carbocycles. The van der Waals surface area contributed by atoms with Gasteiger partial charge in [0.25, 0.3) is 0 Å². The maximum absolute atomic E-state index is 4.29. The summed E-state index contributed by atoms with van der Waals surface area (Å²) in [5.74, 6) is 0.703. The summed E-state index contributed by atoms with van der Waals surface area (Å²) in [5.41, 5.74) is 2.22. The van der Waals surface area contributed by atoms with Crippen LogP contribution in [0.1, 0.15) is 0 Å². The van der Waals surface area contributed by atoms with E-state index in [1.807, 2.05) is 37.6 Å². The molecule has 93 valence electrons. The van der Waals surface area contributed by atoms with Crippen molar-refractivity contribution in [3.05, 3.63) is 55.0 Å². The van der Waals surface area contributed by atoms with Gasteiger partial charge in [-0.1, -0.05) is 30.3 Å². The van der Waals surface area contributed by atoms with Gasteiger partial charge in [-0.15, -0.1) is 0 Å². The van der Waals surface area contributed by atoms with Crippen LogP contribution < -0.4 is 0 Å². The van der Waals surface area contributed by atoms with Crippen molar-refractivity contribution < 1.29 is 20.1 Å². The van der Waals surface area contributed by atoms with Gasteiger partial charge in [0.05, 0.1) is 6.20 Å². The van der Waals surface area contributed by atoms with E-state index >= 15 is 0 Å². The van der Waals surface area contributed by atoms with Crippen LogP contribution in [0.15, 0.2) is 48.9 Å². The molecule has 0 saturated heterocycles. The molecule has 4 nitrogen and oxygen atoms in total.